The summed E-state index contributed by atoms with van der Waals surface area (Å²) < 4.78 is 13.3. The number of esters is 1. The fourth-order valence-corrected chi connectivity index (χ4v) is 5.55. The third-order valence-corrected chi connectivity index (χ3v) is 7.37. The lowest BCUT2D eigenvalue weighted by Gasteiger charge is -2.37. The maximum atomic E-state index is 11.1. The number of benzene rings is 2. The maximum Gasteiger partial charge on any atom is 0.302 e. The van der Waals surface area contributed by atoms with Crippen molar-refractivity contribution in [3.63, 3.8) is 0 Å². The fourth-order valence-electron chi connectivity index (χ4n) is 4.14. The molecule has 0 amide bonds. The summed E-state index contributed by atoms with van der Waals surface area (Å²) in [6.45, 7) is 6.08. The normalized spacial score (nSPS) is 14.0. The molecule has 4 aromatic rings. The van der Waals surface area contributed by atoms with Gasteiger partial charge in [0.2, 0.25) is 0 Å². The number of thiophene rings is 1. The number of ether oxygens (including phenoxy) is 2. The number of nitrogens with zero attached hydrogens (tertiary/aromatic N) is 3. The van der Waals surface area contributed by atoms with Crippen molar-refractivity contribution in [2.45, 2.75) is 32.9 Å². The van der Waals surface area contributed by atoms with E-state index >= 15 is 0 Å². The third kappa shape index (κ3) is 5.42. The molecule has 0 bridgehead atoms. The Hall–Kier alpha value is -3.13. The Kier molecular flexibility index (Phi) is 6.90. The van der Waals surface area contributed by atoms with E-state index in [9.17, 15) is 4.79 Å². The van der Waals surface area contributed by atoms with E-state index in [1.807, 2.05) is 54.9 Å². The van der Waals surface area contributed by atoms with Gasteiger partial charge >= 0.3 is 5.97 Å². The lowest BCUT2D eigenvalue weighted by molar-refractivity contribution is -0.155. The zero-order valence-electron chi connectivity index (χ0n) is 19.6. The predicted molar refractivity (Wildman–Crippen MR) is 139 cm³/mol. The van der Waals surface area contributed by atoms with Crippen LogP contribution in [-0.4, -0.2) is 39.6 Å². The number of hydrogen-bond acceptors (Lipinski definition) is 6. The van der Waals surface area contributed by atoms with Crippen LogP contribution in [0.4, 0.5) is 0 Å². The van der Waals surface area contributed by atoms with Crippen molar-refractivity contribution >= 4 is 28.9 Å². The lowest BCUT2D eigenvalue weighted by Crippen LogP contribution is -2.51. The van der Waals surface area contributed by atoms with Crippen LogP contribution in [0.25, 0.3) is 16.3 Å². The van der Waals surface area contributed by atoms with Gasteiger partial charge in [-0.15, -0.1) is 11.3 Å². The molecule has 6 nitrogen and oxygen atoms in total. The number of carbonyl (C=O) groups excluding carboxylic acids is 1. The van der Waals surface area contributed by atoms with E-state index in [0.29, 0.717) is 10.8 Å². The largest absolute Gasteiger partial charge is 0.460 e. The second-order valence-electron chi connectivity index (χ2n) is 8.55. The van der Waals surface area contributed by atoms with Crippen LogP contribution in [0.2, 0.25) is 5.02 Å². The highest BCUT2D eigenvalue weighted by atomic mass is 35.5. The van der Waals surface area contributed by atoms with E-state index < -0.39 is 0 Å². The highest BCUT2D eigenvalue weighted by molar-refractivity contribution is 7.14. The first-order valence-electron chi connectivity index (χ1n) is 11.6. The second kappa shape index (κ2) is 10.2. The van der Waals surface area contributed by atoms with Gasteiger partial charge in [0, 0.05) is 43.2 Å². The summed E-state index contributed by atoms with van der Waals surface area (Å²) in [5.41, 5.74) is 3.22. The molecule has 35 heavy (non-hydrogen) atoms. The molecular formula is C27H26ClN3O3S. The number of rotatable bonds is 8. The van der Waals surface area contributed by atoms with Crippen LogP contribution in [-0.2, 0) is 22.5 Å². The van der Waals surface area contributed by atoms with Gasteiger partial charge in [0.25, 0.3) is 0 Å². The van der Waals surface area contributed by atoms with Gasteiger partial charge in [0.05, 0.1) is 10.7 Å². The van der Waals surface area contributed by atoms with E-state index in [0.717, 1.165) is 43.1 Å². The molecule has 1 aliphatic rings. The molecule has 0 saturated carbocycles. The van der Waals surface area contributed by atoms with Gasteiger partial charge in [-0.1, -0.05) is 30.7 Å². The number of aryl methyl sites for hydroxylation is 1. The Morgan fingerprint density at radius 1 is 1.17 bits per heavy atom. The van der Waals surface area contributed by atoms with Crippen molar-refractivity contribution in [3.05, 3.63) is 82.6 Å². The fraction of sp³-hybridized carbons (Fsp3) is 0.259. The molecule has 0 N–H and O–H groups in total. The molecule has 0 spiro atoms. The van der Waals surface area contributed by atoms with Crippen LogP contribution in [0.3, 0.4) is 0 Å². The molecule has 2 aromatic carbocycles. The molecular weight excluding hydrogens is 482 g/mol. The molecule has 1 aliphatic heterocycles. The van der Waals surface area contributed by atoms with Gasteiger partial charge in [-0.2, -0.15) is 0 Å². The Morgan fingerprint density at radius 2 is 1.94 bits per heavy atom. The van der Waals surface area contributed by atoms with Crippen molar-refractivity contribution in [1.29, 1.82) is 0 Å². The van der Waals surface area contributed by atoms with Gasteiger partial charge in [-0.25, -0.2) is 4.98 Å². The highest BCUT2D eigenvalue weighted by Gasteiger charge is 2.29. The summed E-state index contributed by atoms with van der Waals surface area (Å²) in [5, 5.41) is 1.77. The smallest absolute Gasteiger partial charge is 0.302 e. The molecule has 2 aromatic heterocycles. The van der Waals surface area contributed by atoms with E-state index in [2.05, 4.69) is 33.6 Å². The van der Waals surface area contributed by atoms with Gasteiger partial charge in [-0.05, 0) is 54.4 Å². The standard InChI is InChI=1S/C27H26ClN3O3S/c1-3-19-12-23(15-30-13-22(14-30)33-18(2)32)35-27(19)31-16-25(29-17-31)20-8-10-21(11-9-20)34-26-7-5-4-6-24(26)28/h4-12,16-17,22H,3,13-15H2,1-2H3. The first kappa shape index (κ1) is 23.6. The number of carbonyl (C=O) groups is 1. The zero-order valence-corrected chi connectivity index (χ0v) is 21.2. The van der Waals surface area contributed by atoms with Gasteiger partial charge < -0.3 is 9.47 Å². The molecule has 0 aliphatic carbocycles. The van der Waals surface area contributed by atoms with Crippen molar-refractivity contribution in [1.82, 2.24) is 14.5 Å². The van der Waals surface area contributed by atoms with Crippen molar-refractivity contribution < 1.29 is 14.3 Å². The SMILES string of the molecule is CCc1cc(CN2CC(OC(C)=O)C2)sc1-n1cnc(-c2ccc(Oc3ccccc3Cl)cc2)c1. The summed E-state index contributed by atoms with van der Waals surface area (Å²) in [6, 6.07) is 17.6. The number of imidazole rings is 1. The van der Waals surface area contributed by atoms with E-state index in [1.54, 1.807) is 11.3 Å². The second-order valence-corrected chi connectivity index (χ2v) is 10.1. The molecule has 3 heterocycles. The van der Waals surface area contributed by atoms with Gasteiger partial charge in [-0.3, -0.25) is 14.3 Å². The summed E-state index contributed by atoms with van der Waals surface area (Å²) in [6.07, 6.45) is 4.91. The molecule has 0 unspecified atom stereocenters. The Balaban J connectivity index is 1.27. The average Bonchev–Trinajstić information content (AvgIpc) is 3.46. The summed E-state index contributed by atoms with van der Waals surface area (Å²) >= 11 is 7.98. The number of aromatic nitrogens is 2. The Morgan fingerprint density at radius 3 is 2.66 bits per heavy atom. The molecule has 0 radical (unpaired) electrons. The van der Waals surface area contributed by atoms with E-state index in [4.69, 9.17) is 21.1 Å². The first-order chi connectivity index (χ1) is 17.0. The molecule has 8 heteroatoms. The Bertz CT molecular complexity index is 1330. The monoisotopic (exact) mass is 507 g/mol. The van der Waals surface area contributed by atoms with Crippen LogP contribution >= 0.6 is 22.9 Å². The minimum Gasteiger partial charge on any atom is -0.460 e. The molecule has 180 valence electrons. The predicted octanol–water partition coefficient (Wildman–Crippen LogP) is 6.36. The highest BCUT2D eigenvalue weighted by Crippen LogP contribution is 2.32. The maximum absolute atomic E-state index is 11.1. The zero-order chi connectivity index (χ0) is 24.4. The summed E-state index contributed by atoms with van der Waals surface area (Å²) in [7, 11) is 0. The van der Waals surface area contributed by atoms with Gasteiger partial charge in [0.15, 0.2) is 0 Å². The van der Waals surface area contributed by atoms with Gasteiger partial charge in [0.1, 0.15) is 28.9 Å². The van der Waals surface area contributed by atoms with Crippen molar-refractivity contribution in [3.8, 4) is 27.8 Å². The minimum atomic E-state index is -0.208. The Labute approximate surface area is 213 Å². The van der Waals surface area contributed by atoms with E-state index in [-0.39, 0.29) is 12.1 Å². The van der Waals surface area contributed by atoms with Crippen LogP contribution in [0, 0.1) is 0 Å². The van der Waals surface area contributed by atoms with Crippen molar-refractivity contribution in [2.24, 2.45) is 0 Å². The first-order valence-corrected chi connectivity index (χ1v) is 12.8. The number of hydrogen-bond donors (Lipinski definition) is 0. The quantitative estimate of drug-likeness (QED) is 0.260. The number of halogens is 1. The lowest BCUT2D eigenvalue weighted by atomic mass is 10.1. The molecule has 0 atom stereocenters. The van der Waals surface area contributed by atoms with Crippen LogP contribution in [0.5, 0.6) is 11.5 Å². The summed E-state index contributed by atoms with van der Waals surface area (Å²) in [4.78, 5) is 19.4. The van der Waals surface area contributed by atoms with Crippen LogP contribution < -0.4 is 4.74 Å². The van der Waals surface area contributed by atoms with Crippen LogP contribution in [0.15, 0.2) is 67.1 Å². The van der Waals surface area contributed by atoms with Crippen LogP contribution in [0.1, 0.15) is 24.3 Å². The average molecular weight is 508 g/mol. The topological polar surface area (TPSA) is 56.6 Å². The number of para-hydroxylation sites is 1. The summed E-state index contributed by atoms with van der Waals surface area (Å²) in [5.74, 6) is 1.14. The molecule has 1 fully saturated rings. The molecule has 5 rings (SSSR count). The van der Waals surface area contributed by atoms with Crippen molar-refractivity contribution in [2.75, 3.05) is 13.1 Å². The minimum absolute atomic E-state index is 0.0234. The van der Waals surface area contributed by atoms with E-state index in [1.165, 1.54) is 22.4 Å². The number of likely N-dealkylation sites (tertiary alicyclic amines) is 1. The third-order valence-electron chi connectivity index (χ3n) is 5.89. The molecule has 1 saturated heterocycles.